The first-order valence-electron chi connectivity index (χ1n) is 6.05. The number of hydrogen-bond donors (Lipinski definition) is 1. The molecule has 2 aromatic carbocycles. The van der Waals surface area contributed by atoms with Crippen molar-refractivity contribution in [3.05, 3.63) is 65.9 Å². The van der Waals surface area contributed by atoms with Crippen molar-refractivity contribution >= 4 is 10.9 Å². The van der Waals surface area contributed by atoms with Crippen LogP contribution < -0.4 is 0 Å². The first-order chi connectivity index (χ1) is 8.75. The average molecular weight is 237 g/mol. The molecule has 0 fully saturated rings. The zero-order valence-corrected chi connectivity index (χ0v) is 10.3. The first-order valence-corrected chi connectivity index (χ1v) is 6.05. The minimum Gasteiger partial charge on any atom is -0.508 e. The number of nitrogens with zero attached hydrogens (tertiary/aromatic N) is 1. The number of fused-ring (bicyclic) bond motifs is 1. The second kappa shape index (κ2) is 4.22. The number of hydrogen-bond acceptors (Lipinski definition) is 1. The molecule has 3 rings (SSSR count). The number of phenolic OH excluding ortho intramolecular Hbond substituents is 1. The standard InChI is InChI=1S/C16H15NO/c1-17-10-9-14-12(6-4-7-15(14)17)11-13-5-2-3-8-16(13)18/h2-10,18H,11H2,1H3. The van der Waals surface area contributed by atoms with E-state index in [-0.39, 0.29) is 0 Å². The molecule has 1 heterocycles. The topological polar surface area (TPSA) is 25.2 Å². The summed E-state index contributed by atoms with van der Waals surface area (Å²) in [5.41, 5.74) is 3.44. The fourth-order valence-corrected chi connectivity index (χ4v) is 2.39. The van der Waals surface area contributed by atoms with Crippen molar-refractivity contribution in [2.24, 2.45) is 7.05 Å². The van der Waals surface area contributed by atoms with Crippen molar-refractivity contribution in [3.8, 4) is 5.75 Å². The predicted octanol–water partition coefficient (Wildman–Crippen LogP) is 3.47. The monoisotopic (exact) mass is 237 g/mol. The lowest BCUT2D eigenvalue weighted by Crippen LogP contribution is -1.90. The Balaban J connectivity index is 2.08. The molecule has 2 nitrogen and oxygen atoms in total. The summed E-state index contributed by atoms with van der Waals surface area (Å²) in [5.74, 6) is 0.366. The van der Waals surface area contributed by atoms with Crippen molar-refractivity contribution in [1.29, 1.82) is 0 Å². The van der Waals surface area contributed by atoms with Crippen LogP contribution in [0, 0.1) is 0 Å². The van der Waals surface area contributed by atoms with Crippen LogP contribution in [0.1, 0.15) is 11.1 Å². The fourth-order valence-electron chi connectivity index (χ4n) is 2.39. The van der Waals surface area contributed by atoms with Gasteiger partial charge in [-0.2, -0.15) is 0 Å². The van der Waals surface area contributed by atoms with E-state index in [9.17, 15) is 5.11 Å². The van der Waals surface area contributed by atoms with Crippen molar-refractivity contribution in [2.75, 3.05) is 0 Å². The molecule has 0 aliphatic rings. The molecule has 18 heavy (non-hydrogen) atoms. The zero-order chi connectivity index (χ0) is 12.5. The van der Waals surface area contributed by atoms with Crippen LogP contribution in [0.4, 0.5) is 0 Å². The van der Waals surface area contributed by atoms with Crippen LogP contribution in [0.2, 0.25) is 0 Å². The SMILES string of the molecule is Cn1ccc2c(Cc3ccccc3O)cccc21. The van der Waals surface area contributed by atoms with Gasteiger partial charge in [0.15, 0.2) is 0 Å². The Bertz CT molecular complexity index is 697. The zero-order valence-electron chi connectivity index (χ0n) is 10.3. The summed E-state index contributed by atoms with van der Waals surface area (Å²) >= 11 is 0. The molecule has 0 atom stereocenters. The van der Waals surface area contributed by atoms with Gasteiger partial charge in [0.2, 0.25) is 0 Å². The molecule has 0 unspecified atom stereocenters. The summed E-state index contributed by atoms with van der Waals surface area (Å²) < 4.78 is 2.11. The predicted molar refractivity (Wildman–Crippen MR) is 73.8 cm³/mol. The highest BCUT2D eigenvalue weighted by molar-refractivity contribution is 5.84. The van der Waals surface area contributed by atoms with Crippen LogP contribution in [-0.2, 0) is 13.5 Å². The normalized spacial score (nSPS) is 10.9. The molecule has 0 bridgehead atoms. The van der Waals surface area contributed by atoms with Gasteiger partial charge >= 0.3 is 0 Å². The Kier molecular flexibility index (Phi) is 2.56. The Hall–Kier alpha value is -2.22. The highest BCUT2D eigenvalue weighted by atomic mass is 16.3. The van der Waals surface area contributed by atoms with Gasteiger partial charge in [-0.05, 0) is 29.3 Å². The van der Waals surface area contributed by atoms with Crippen molar-refractivity contribution < 1.29 is 5.11 Å². The van der Waals surface area contributed by atoms with Crippen LogP contribution in [0.25, 0.3) is 10.9 Å². The average Bonchev–Trinajstić information content (AvgIpc) is 2.76. The van der Waals surface area contributed by atoms with Crippen LogP contribution in [-0.4, -0.2) is 9.67 Å². The highest BCUT2D eigenvalue weighted by Gasteiger charge is 2.06. The first kappa shape index (κ1) is 10.9. The van der Waals surface area contributed by atoms with Gasteiger partial charge in [0.25, 0.3) is 0 Å². The van der Waals surface area contributed by atoms with Gasteiger partial charge in [0, 0.05) is 30.6 Å². The fraction of sp³-hybridized carbons (Fsp3) is 0.125. The molecule has 3 aromatic rings. The van der Waals surface area contributed by atoms with Crippen LogP contribution in [0.15, 0.2) is 54.7 Å². The van der Waals surface area contributed by atoms with Gasteiger partial charge in [-0.15, -0.1) is 0 Å². The van der Waals surface area contributed by atoms with E-state index in [0.717, 1.165) is 12.0 Å². The number of para-hydroxylation sites is 1. The third-order valence-electron chi connectivity index (χ3n) is 3.39. The lowest BCUT2D eigenvalue weighted by atomic mass is 10.0. The van der Waals surface area contributed by atoms with Gasteiger partial charge in [0.05, 0.1) is 0 Å². The summed E-state index contributed by atoms with van der Waals surface area (Å²) in [6.07, 6.45) is 2.83. The van der Waals surface area contributed by atoms with E-state index in [1.165, 1.54) is 16.5 Å². The van der Waals surface area contributed by atoms with Crippen molar-refractivity contribution in [3.63, 3.8) is 0 Å². The Morgan fingerprint density at radius 2 is 1.72 bits per heavy atom. The number of aromatic hydroxyl groups is 1. The van der Waals surface area contributed by atoms with Crippen LogP contribution in [0.5, 0.6) is 5.75 Å². The minimum atomic E-state index is 0.366. The minimum absolute atomic E-state index is 0.366. The van der Waals surface area contributed by atoms with E-state index in [1.54, 1.807) is 6.07 Å². The van der Waals surface area contributed by atoms with Gasteiger partial charge in [-0.1, -0.05) is 30.3 Å². The molecule has 1 N–H and O–H groups in total. The lowest BCUT2D eigenvalue weighted by Gasteiger charge is -2.06. The van der Waals surface area contributed by atoms with E-state index < -0.39 is 0 Å². The van der Waals surface area contributed by atoms with Gasteiger partial charge in [0.1, 0.15) is 5.75 Å². The molecule has 0 radical (unpaired) electrons. The number of aromatic nitrogens is 1. The maximum atomic E-state index is 9.84. The molecular weight excluding hydrogens is 222 g/mol. The van der Waals surface area contributed by atoms with E-state index in [2.05, 4.69) is 35.0 Å². The summed E-state index contributed by atoms with van der Waals surface area (Å²) in [4.78, 5) is 0. The molecule has 90 valence electrons. The molecule has 0 saturated carbocycles. The second-order valence-electron chi connectivity index (χ2n) is 4.58. The van der Waals surface area contributed by atoms with E-state index in [0.29, 0.717) is 5.75 Å². The second-order valence-corrected chi connectivity index (χ2v) is 4.58. The summed E-state index contributed by atoms with van der Waals surface area (Å²) in [6, 6.07) is 15.9. The third kappa shape index (κ3) is 1.76. The maximum Gasteiger partial charge on any atom is 0.119 e. The third-order valence-corrected chi connectivity index (χ3v) is 3.39. The quantitative estimate of drug-likeness (QED) is 0.725. The Morgan fingerprint density at radius 1 is 0.944 bits per heavy atom. The highest BCUT2D eigenvalue weighted by Crippen LogP contribution is 2.25. The molecule has 0 aliphatic heterocycles. The molecule has 0 spiro atoms. The lowest BCUT2D eigenvalue weighted by molar-refractivity contribution is 0.469. The van der Waals surface area contributed by atoms with Gasteiger partial charge in [-0.3, -0.25) is 0 Å². The Morgan fingerprint density at radius 3 is 2.56 bits per heavy atom. The molecule has 0 amide bonds. The van der Waals surface area contributed by atoms with E-state index >= 15 is 0 Å². The van der Waals surface area contributed by atoms with E-state index in [4.69, 9.17) is 0 Å². The summed E-state index contributed by atoms with van der Waals surface area (Å²) in [7, 11) is 2.05. The molecule has 0 saturated heterocycles. The largest absolute Gasteiger partial charge is 0.508 e. The van der Waals surface area contributed by atoms with E-state index in [1.807, 2.05) is 25.2 Å². The number of benzene rings is 2. The number of phenols is 1. The van der Waals surface area contributed by atoms with Gasteiger partial charge < -0.3 is 9.67 Å². The van der Waals surface area contributed by atoms with Crippen LogP contribution in [0.3, 0.4) is 0 Å². The van der Waals surface area contributed by atoms with Crippen LogP contribution >= 0.6 is 0 Å². The smallest absolute Gasteiger partial charge is 0.119 e. The summed E-state index contributed by atoms with van der Waals surface area (Å²) in [5, 5.41) is 11.1. The van der Waals surface area contributed by atoms with Crippen molar-refractivity contribution in [2.45, 2.75) is 6.42 Å². The summed E-state index contributed by atoms with van der Waals surface area (Å²) in [6.45, 7) is 0. The maximum absolute atomic E-state index is 9.84. The molecule has 0 aliphatic carbocycles. The molecule has 1 aromatic heterocycles. The number of rotatable bonds is 2. The molecular formula is C16H15NO. The number of aryl methyl sites for hydroxylation is 1. The Labute approximate surface area is 106 Å². The van der Waals surface area contributed by atoms with Gasteiger partial charge in [-0.25, -0.2) is 0 Å². The van der Waals surface area contributed by atoms with Crippen molar-refractivity contribution in [1.82, 2.24) is 4.57 Å². The molecule has 2 heteroatoms.